The molecule has 3 heteroatoms. The van der Waals surface area contributed by atoms with Crippen LogP contribution < -0.4 is 5.32 Å². The smallest absolute Gasteiger partial charge is 0.0813 e. The van der Waals surface area contributed by atoms with Crippen molar-refractivity contribution >= 4 is 11.3 Å². The van der Waals surface area contributed by atoms with Gasteiger partial charge in [0.05, 0.1) is 12.7 Å². The highest BCUT2D eigenvalue weighted by atomic mass is 32.1. The van der Waals surface area contributed by atoms with Crippen LogP contribution in [-0.4, -0.2) is 18.2 Å². The van der Waals surface area contributed by atoms with Crippen LogP contribution in [0.3, 0.4) is 0 Å². The summed E-state index contributed by atoms with van der Waals surface area (Å²) in [5.74, 6) is 0. The number of hydrogen-bond donors (Lipinski definition) is 1. The zero-order valence-electron chi connectivity index (χ0n) is 10.7. The fraction of sp³-hybridized carbons (Fsp3) is 0.692. The van der Waals surface area contributed by atoms with E-state index in [1.165, 1.54) is 4.88 Å². The van der Waals surface area contributed by atoms with E-state index in [-0.39, 0.29) is 5.54 Å². The summed E-state index contributed by atoms with van der Waals surface area (Å²) in [5, 5.41) is 5.57. The number of thiophene rings is 1. The molecule has 92 valence electrons. The lowest BCUT2D eigenvalue weighted by Crippen LogP contribution is -2.41. The van der Waals surface area contributed by atoms with Gasteiger partial charge in [0, 0.05) is 17.0 Å². The summed E-state index contributed by atoms with van der Waals surface area (Å²) in [6, 6.07) is 4.19. The molecular weight excluding hydrogens is 218 g/mol. The van der Waals surface area contributed by atoms with E-state index in [1.54, 1.807) is 11.3 Å². The second-order valence-electron chi connectivity index (χ2n) is 5.05. The number of rotatable bonds is 6. The summed E-state index contributed by atoms with van der Waals surface area (Å²) in [6.07, 6.45) is 1.36. The Morgan fingerprint density at radius 2 is 2.19 bits per heavy atom. The Bertz CT molecular complexity index is 277. The van der Waals surface area contributed by atoms with Gasteiger partial charge >= 0.3 is 0 Å². The van der Waals surface area contributed by atoms with E-state index in [4.69, 9.17) is 4.74 Å². The lowest BCUT2D eigenvalue weighted by atomic mass is 10.1. The maximum absolute atomic E-state index is 5.88. The normalized spacial score (nSPS) is 14.0. The average molecular weight is 241 g/mol. The van der Waals surface area contributed by atoms with Gasteiger partial charge in [-0.1, -0.05) is 13.0 Å². The molecule has 16 heavy (non-hydrogen) atoms. The molecule has 0 aromatic carbocycles. The van der Waals surface area contributed by atoms with Crippen molar-refractivity contribution in [3.63, 3.8) is 0 Å². The van der Waals surface area contributed by atoms with Crippen LogP contribution in [0.5, 0.6) is 0 Å². The largest absolute Gasteiger partial charge is 0.371 e. The predicted octanol–water partition coefficient (Wildman–Crippen LogP) is 3.43. The molecule has 0 saturated heterocycles. The first-order valence-corrected chi connectivity index (χ1v) is 6.78. The van der Waals surface area contributed by atoms with Crippen molar-refractivity contribution < 1.29 is 4.74 Å². The Morgan fingerprint density at radius 3 is 2.69 bits per heavy atom. The third kappa shape index (κ3) is 5.64. The van der Waals surface area contributed by atoms with Crippen molar-refractivity contribution in [3.05, 3.63) is 22.4 Å². The molecule has 1 atom stereocenters. The second-order valence-corrected chi connectivity index (χ2v) is 6.08. The molecule has 0 aliphatic rings. The zero-order valence-corrected chi connectivity index (χ0v) is 11.6. The van der Waals surface area contributed by atoms with E-state index in [0.717, 1.165) is 19.6 Å². The van der Waals surface area contributed by atoms with Gasteiger partial charge in [0.15, 0.2) is 0 Å². The van der Waals surface area contributed by atoms with E-state index in [2.05, 4.69) is 50.5 Å². The van der Waals surface area contributed by atoms with Crippen molar-refractivity contribution in [1.29, 1.82) is 0 Å². The van der Waals surface area contributed by atoms with Crippen molar-refractivity contribution in [2.45, 2.75) is 52.4 Å². The van der Waals surface area contributed by atoms with Gasteiger partial charge in [-0.2, -0.15) is 0 Å². The molecule has 0 amide bonds. The van der Waals surface area contributed by atoms with Gasteiger partial charge in [0.2, 0.25) is 0 Å². The van der Waals surface area contributed by atoms with Crippen LogP contribution in [0.25, 0.3) is 0 Å². The van der Waals surface area contributed by atoms with Crippen LogP contribution in [0.15, 0.2) is 17.5 Å². The van der Waals surface area contributed by atoms with Crippen LogP contribution in [-0.2, 0) is 11.3 Å². The van der Waals surface area contributed by atoms with E-state index in [9.17, 15) is 0 Å². The molecular formula is C13H23NOS. The molecule has 1 unspecified atom stereocenters. The molecule has 0 bridgehead atoms. The Kier molecular flexibility index (Phi) is 5.46. The third-order valence-corrected chi connectivity index (χ3v) is 3.21. The van der Waals surface area contributed by atoms with Crippen LogP contribution in [0, 0.1) is 0 Å². The Labute approximate surface area is 103 Å². The monoisotopic (exact) mass is 241 g/mol. The first-order valence-electron chi connectivity index (χ1n) is 5.90. The van der Waals surface area contributed by atoms with Crippen LogP contribution in [0.4, 0.5) is 0 Å². The lowest BCUT2D eigenvalue weighted by Gasteiger charge is -2.24. The number of nitrogens with one attached hydrogen (secondary N) is 1. The van der Waals surface area contributed by atoms with Crippen molar-refractivity contribution in [3.8, 4) is 0 Å². The summed E-state index contributed by atoms with van der Waals surface area (Å²) in [7, 11) is 0. The predicted molar refractivity (Wildman–Crippen MR) is 70.9 cm³/mol. The summed E-state index contributed by atoms with van der Waals surface area (Å²) in [6.45, 7) is 10.4. The molecule has 0 spiro atoms. The molecule has 1 aromatic rings. The van der Waals surface area contributed by atoms with Gasteiger partial charge < -0.3 is 10.1 Å². The first-order chi connectivity index (χ1) is 7.51. The second kappa shape index (κ2) is 6.38. The summed E-state index contributed by atoms with van der Waals surface area (Å²) < 4.78 is 5.88. The number of hydrogen-bond acceptors (Lipinski definition) is 3. The minimum Gasteiger partial charge on any atom is -0.371 e. The molecule has 1 aromatic heterocycles. The van der Waals surface area contributed by atoms with Crippen molar-refractivity contribution in [2.75, 3.05) is 6.54 Å². The molecule has 1 rings (SSSR count). The molecule has 0 fully saturated rings. The maximum Gasteiger partial charge on any atom is 0.0813 e. The van der Waals surface area contributed by atoms with Crippen LogP contribution in [0.1, 0.15) is 39.0 Å². The molecule has 0 aliphatic carbocycles. The summed E-state index contributed by atoms with van der Waals surface area (Å²) in [5.41, 5.74) is 0.166. The van der Waals surface area contributed by atoms with Gasteiger partial charge in [0.1, 0.15) is 0 Å². The molecule has 1 heterocycles. The first kappa shape index (κ1) is 13.7. The molecule has 0 saturated carbocycles. The van der Waals surface area contributed by atoms with Crippen molar-refractivity contribution in [2.24, 2.45) is 0 Å². The SMILES string of the molecule is CCC(CNC(C)(C)C)OCc1cccs1. The maximum atomic E-state index is 5.88. The highest BCUT2D eigenvalue weighted by Gasteiger charge is 2.13. The van der Waals surface area contributed by atoms with E-state index in [0.29, 0.717) is 6.10 Å². The summed E-state index contributed by atoms with van der Waals surface area (Å²) >= 11 is 1.75. The Morgan fingerprint density at radius 1 is 1.44 bits per heavy atom. The van der Waals surface area contributed by atoms with E-state index >= 15 is 0 Å². The topological polar surface area (TPSA) is 21.3 Å². The number of ether oxygens (including phenoxy) is 1. The van der Waals surface area contributed by atoms with Crippen LogP contribution in [0.2, 0.25) is 0 Å². The fourth-order valence-electron chi connectivity index (χ4n) is 1.34. The molecule has 0 radical (unpaired) electrons. The zero-order chi connectivity index (χ0) is 12.0. The highest BCUT2D eigenvalue weighted by molar-refractivity contribution is 7.09. The summed E-state index contributed by atoms with van der Waals surface area (Å²) in [4.78, 5) is 1.30. The lowest BCUT2D eigenvalue weighted by molar-refractivity contribution is 0.0360. The van der Waals surface area contributed by atoms with Gasteiger partial charge in [-0.3, -0.25) is 0 Å². The molecule has 2 nitrogen and oxygen atoms in total. The Hall–Kier alpha value is -0.380. The molecule has 1 N–H and O–H groups in total. The van der Waals surface area contributed by atoms with Gasteiger partial charge in [-0.15, -0.1) is 11.3 Å². The van der Waals surface area contributed by atoms with Gasteiger partial charge in [-0.05, 0) is 38.6 Å². The quantitative estimate of drug-likeness (QED) is 0.824. The van der Waals surface area contributed by atoms with E-state index < -0.39 is 0 Å². The minimum atomic E-state index is 0.166. The van der Waals surface area contributed by atoms with Gasteiger partial charge in [0.25, 0.3) is 0 Å². The molecule has 0 aliphatic heterocycles. The van der Waals surface area contributed by atoms with Crippen LogP contribution >= 0.6 is 11.3 Å². The highest BCUT2D eigenvalue weighted by Crippen LogP contribution is 2.12. The van der Waals surface area contributed by atoms with Gasteiger partial charge in [-0.25, -0.2) is 0 Å². The standard InChI is InChI=1S/C13H23NOS/c1-5-11(9-14-13(2,3)4)15-10-12-7-6-8-16-12/h6-8,11,14H,5,9-10H2,1-4H3. The van der Waals surface area contributed by atoms with Crippen molar-refractivity contribution in [1.82, 2.24) is 5.32 Å². The average Bonchev–Trinajstić information content (AvgIpc) is 2.69. The minimum absolute atomic E-state index is 0.166. The third-order valence-electron chi connectivity index (χ3n) is 2.36. The Balaban J connectivity index is 2.27. The fourth-order valence-corrected chi connectivity index (χ4v) is 1.96. The van der Waals surface area contributed by atoms with E-state index in [1.807, 2.05) is 0 Å².